The monoisotopic (exact) mass is 370 g/mol. The van der Waals surface area contributed by atoms with Crippen LogP contribution in [-0.2, 0) is 20.8 Å². The predicted octanol–water partition coefficient (Wildman–Crippen LogP) is 3.73. The maximum absolute atomic E-state index is 12.6. The average molecular weight is 370 g/mol. The second kappa shape index (κ2) is 9.89. The van der Waals surface area contributed by atoms with Crippen molar-refractivity contribution in [3.05, 3.63) is 36.0 Å². The van der Waals surface area contributed by atoms with Crippen molar-refractivity contribution in [3.63, 3.8) is 0 Å². The standard InChI is InChI=1S/C21H26N2O4/c1-15(2)9-12-26-16(3)21(25)27-14-20(24)18-13-23(11-6-10-22)19-8-5-4-7-17(18)19/h4-5,7-8,13,15-16H,6,9,11-12,14H2,1-3H3. The van der Waals surface area contributed by atoms with Crippen LogP contribution >= 0.6 is 0 Å². The van der Waals surface area contributed by atoms with Gasteiger partial charge in [0.05, 0.1) is 12.5 Å². The van der Waals surface area contributed by atoms with Gasteiger partial charge in [0.15, 0.2) is 12.7 Å². The van der Waals surface area contributed by atoms with Gasteiger partial charge in [-0.1, -0.05) is 32.0 Å². The van der Waals surface area contributed by atoms with Gasteiger partial charge in [-0.25, -0.2) is 4.79 Å². The zero-order chi connectivity index (χ0) is 19.8. The number of esters is 1. The third kappa shape index (κ3) is 5.66. The zero-order valence-corrected chi connectivity index (χ0v) is 16.1. The molecule has 0 radical (unpaired) electrons. The van der Waals surface area contributed by atoms with Crippen molar-refractivity contribution in [2.45, 2.75) is 46.3 Å². The SMILES string of the molecule is CC(C)CCOC(C)C(=O)OCC(=O)c1cn(CCC#N)c2ccccc12. The molecule has 1 aromatic carbocycles. The fraction of sp³-hybridized carbons (Fsp3) is 0.476. The maximum atomic E-state index is 12.6. The number of ether oxygens (including phenoxy) is 2. The van der Waals surface area contributed by atoms with E-state index in [-0.39, 0.29) is 12.4 Å². The number of benzene rings is 1. The molecular weight excluding hydrogens is 344 g/mol. The summed E-state index contributed by atoms with van der Waals surface area (Å²) in [5.41, 5.74) is 1.37. The van der Waals surface area contributed by atoms with Crippen LogP contribution in [0.2, 0.25) is 0 Å². The molecule has 1 aromatic heterocycles. The molecule has 0 fully saturated rings. The van der Waals surface area contributed by atoms with Crippen molar-refractivity contribution in [1.29, 1.82) is 5.26 Å². The minimum atomic E-state index is -0.700. The van der Waals surface area contributed by atoms with Gasteiger partial charge in [-0.15, -0.1) is 0 Å². The van der Waals surface area contributed by atoms with Crippen LogP contribution in [0.3, 0.4) is 0 Å². The number of rotatable bonds is 10. The number of carbonyl (C=O) groups excluding carboxylic acids is 2. The fourth-order valence-corrected chi connectivity index (χ4v) is 2.70. The van der Waals surface area contributed by atoms with Gasteiger partial charge in [0.1, 0.15) is 0 Å². The lowest BCUT2D eigenvalue weighted by Gasteiger charge is -2.13. The first-order valence-electron chi connectivity index (χ1n) is 9.20. The molecule has 0 saturated carbocycles. The lowest BCUT2D eigenvalue weighted by molar-refractivity contribution is -0.155. The number of fused-ring (bicyclic) bond motifs is 1. The van der Waals surface area contributed by atoms with E-state index in [0.717, 1.165) is 17.3 Å². The molecule has 0 aliphatic carbocycles. The van der Waals surface area contributed by atoms with E-state index in [1.165, 1.54) is 0 Å². The van der Waals surface area contributed by atoms with Crippen molar-refractivity contribution < 1.29 is 19.1 Å². The van der Waals surface area contributed by atoms with E-state index in [4.69, 9.17) is 14.7 Å². The van der Waals surface area contributed by atoms with Crippen molar-refractivity contribution in [2.24, 2.45) is 5.92 Å². The summed E-state index contributed by atoms with van der Waals surface area (Å²) in [6.45, 7) is 6.44. The molecule has 1 unspecified atom stereocenters. The normalized spacial score (nSPS) is 12.1. The number of hydrogen-bond acceptors (Lipinski definition) is 5. The van der Waals surface area contributed by atoms with Crippen LogP contribution in [0.5, 0.6) is 0 Å². The number of carbonyl (C=O) groups is 2. The molecular formula is C21H26N2O4. The molecule has 0 N–H and O–H groups in total. The number of nitrogens with zero attached hydrogens (tertiary/aromatic N) is 2. The highest BCUT2D eigenvalue weighted by Crippen LogP contribution is 2.22. The minimum absolute atomic E-state index is 0.273. The van der Waals surface area contributed by atoms with E-state index in [1.807, 2.05) is 28.8 Å². The zero-order valence-electron chi connectivity index (χ0n) is 16.1. The largest absolute Gasteiger partial charge is 0.455 e. The van der Waals surface area contributed by atoms with Crippen molar-refractivity contribution >= 4 is 22.7 Å². The fourth-order valence-electron chi connectivity index (χ4n) is 2.70. The van der Waals surface area contributed by atoms with E-state index in [2.05, 4.69) is 19.9 Å². The van der Waals surface area contributed by atoms with Crippen LogP contribution in [0, 0.1) is 17.2 Å². The van der Waals surface area contributed by atoms with E-state index in [9.17, 15) is 9.59 Å². The third-order valence-electron chi connectivity index (χ3n) is 4.29. The van der Waals surface area contributed by atoms with Crippen molar-refractivity contribution in [1.82, 2.24) is 4.57 Å². The van der Waals surface area contributed by atoms with Gasteiger partial charge in [-0.05, 0) is 25.3 Å². The maximum Gasteiger partial charge on any atom is 0.335 e. The summed E-state index contributed by atoms with van der Waals surface area (Å²) in [6, 6.07) is 9.60. The Bertz CT molecular complexity index is 832. The quantitative estimate of drug-likeness (QED) is 0.470. The number of hydrogen-bond donors (Lipinski definition) is 0. The second-order valence-corrected chi connectivity index (χ2v) is 6.89. The van der Waals surface area contributed by atoms with E-state index >= 15 is 0 Å². The Morgan fingerprint density at radius 1 is 1.22 bits per heavy atom. The molecule has 6 heteroatoms. The number of aromatic nitrogens is 1. The van der Waals surface area contributed by atoms with Gasteiger partial charge < -0.3 is 14.0 Å². The average Bonchev–Trinajstić information content (AvgIpc) is 3.02. The summed E-state index contributed by atoms with van der Waals surface area (Å²) in [5.74, 6) is -0.321. The number of aryl methyl sites for hydroxylation is 1. The lowest BCUT2D eigenvalue weighted by Crippen LogP contribution is -2.26. The Kier molecular flexibility index (Phi) is 7.56. The van der Waals surface area contributed by atoms with Crippen LogP contribution in [0.15, 0.2) is 30.5 Å². The van der Waals surface area contributed by atoms with Crippen LogP contribution in [-0.4, -0.2) is 35.6 Å². The third-order valence-corrected chi connectivity index (χ3v) is 4.29. The van der Waals surface area contributed by atoms with Crippen LogP contribution in [0.25, 0.3) is 10.9 Å². The van der Waals surface area contributed by atoms with E-state index in [0.29, 0.717) is 31.1 Å². The molecule has 1 atom stereocenters. The Labute approximate surface area is 159 Å². The molecule has 144 valence electrons. The van der Waals surface area contributed by atoms with Gasteiger partial charge in [0.25, 0.3) is 0 Å². The van der Waals surface area contributed by atoms with Gasteiger partial charge in [0, 0.05) is 35.8 Å². The van der Waals surface area contributed by atoms with Crippen molar-refractivity contribution in [2.75, 3.05) is 13.2 Å². The molecule has 0 bridgehead atoms. The molecule has 27 heavy (non-hydrogen) atoms. The first kappa shape index (κ1) is 20.7. The minimum Gasteiger partial charge on any atom is -0.455 e. The Morgan fingerprint density at radius 3 is 2.67 bits per heavy atom. The first-order chi connectivity index (χ1) is 12.9. The summed E-state index contributed by atoms with van der Waals surface area (Å²) in [4.78, 5) is 24.6. The Balaban J connectivity index is 2.00. The lowest BCUT2D eigenvalue weighted by atomic mass is 10.1. The van der Waals surface area contributed by atoms with Crippen molar-refractivity contribution in [3.8, 4) is 6.07 Å². The molecule has 1 heterocycles. The predicted molar refractivity (Wildman–Crippen MR) is 102 cm³/mol. The van der Waals surface area contributed by atoms with E-state index in [1.54, 1.807) is 13.1 Å². The summed E-state index contributed by atoms with van der Waals surface area (Å²) in [6.07, 6.45) is 2.24. The molecule has 2 aromatic rings. The number of nitriles is 1. The summed E-state index contributed by atoms with van der Waals surface area (Å²) < 4.78 is 12.5. The molecule has 2 rings (SSSR count). The number of ketones is 1. The highest BCUT2D eigenvalue weighted by atomic mass is 16.6. The molecule has 0 spiro atoms. The molecule has 0 saturated heterocycles. The Morgan fingerprint density at radius 2 is 1.96 bits per heavy atom. The van der Waals surface area contributed by atoms with Gasteiger partial charge in [0.2, 0.25) is 5.78 Å². The van der Waals surface area contributed by atoms with Crippen LogP contribution in [0.4, 0.5) is 0 Å². The highest BCUT2D eigenvalue weighted by Gasteiger charge is 2.20. The topological polar surface area (TPSA) is 81.3 Å². The van der Waals surface area contributed by atoms with Crippen LogP contribution in [0.1, 0.15) is 44.0 Å². The highest BCUT2D eigenvalue weighted by molar-refractivity contribution is 6.09. The molecule has 6 nitrogen and oxygen atoms in total. The first-order valence-corrected chi connectivity index (χ1v) is 9.20. The van der Waals surface area contributed by atoms with Crippen LogP contribution < -0.4 is 0 Å². The summed E-state index contributed by atoms with van der Waals surface area (Å²) >= 11 is 0. The summed E-state index contributed by atoms with van der Waals surface area (Å²) in [5, 5.41) is 9.59. The Hall–Kier alpha value is -2.65. The number of Topliss-reactive ketones (excluding diaryl/α,β-unsaturated/α-hetero) is 1. The smallest absolute Gasteiger partial charge is 0.335 e. The molecule has 0 amide bonds. The number of para-hydroxylation sites is 1. The van der Waals surface area contributed by atoms with E-state index < -0.39 is 12.1 Å². The molecule has 0 aliphatic heterocycles. The van der Waals surface area contributed by atoms with Gasteiger partial charge >= 0.3 is 5.97 Å². The van der Waals surface area contributed by atoms with Gasteiger partial charge in [-0.2, -0.15) is 5.26 Å². The second-order valence-electron chi connectivity index (χ2n) is 6.89. The summed E-state index contributed by atoms with van der Waals surface area (Å²) in [7, 11) is 0. The van der Waals surface area contributed by atoms with Gasteiger partial charge in [-0.3, -0.25) is 4.79 Å². The molecule has 0 aliphatic rings.